The van der Waals surface area contributed by atoms with Gasteiger partial charge in [-0.3, -0.25) is 9.59 Å². The maximum Gasteiger partial charge on any atom is 0.312 e. The van der Waals surface area contributed by atoms with E-state index in [-0.39, 0.29) is 23.9 Å². The van der Waals surface area contributed by atoms with Crippen molar-refractivity contribution in [2.45, 2.75) is 19.3 Å². The highest BCUT2D eigenvalue weighted by Gasteiger charge is 2.32. The first-order chi connectivity index (χ1) is 10.1. The van der Waals surface area contributed by atoms with Gasteiger partial charge in [-0.05, 0) is 13.0 Å². The van der Waals surface area contributed by atoms with Gasteiger partial charge >= 0.3 is 5.97 Å². The first-order valence-corrected chi connectivity index (χ1v) is 6.67. The quantitative estimate of drug-likeness (QED) is 0.858. The Morgan fingerprint density at radius 3 is 2.81 bits per heavy atom. The minimum atomic E-state index is -0.359. The predicted molar refractivity (Wildman–Crippen MR) is 76.9 cm³/mol. The first-order valence-electron chi connectivity index (χ1n) is 6.67. The molecule has 1 aromatic carbocycles. The Bertz CT molecular complexity index is 763. The lowest BCUT2D eigenvalue weighted by atomic mass is 9.86. The number of H-pyrrole nitrogens is 1. The van der Waals surface area contributed by atoms with Crippen molar-refractivity contribution in [3.63, 3.8) is 0 Å². The third kappa shape index (κ3) is 2.31. The molecule has 21 heavy (non-hydrogen) atoms. The van der Waals surface area contributed by atoms with Gasteiger partial charge in [0.15, 0.2) is 0 Å². The van der Waals surface area contributed by atoms with Crippen LogP contribution in [0.2, 0.25) is 0 Å². The second kappa shape index (κ2) is 5.09. The molecule has 0 saturated heterocycles. The maximum absolute atomic E-state index is 12.3. The number of fused-ring (bicyclic) bond motifs is 1. The van der Waals surface area contributed by atoms with Crippen LogP contribution in [0.25, 0.3) is 0 Å². The number of para-hydroxylation sites is 1. The number of methoxy groups -OCH3 is 1. The molecule has 1 N–H and O–H groups in total. The number of aromatic nitrogens is 1. The molecular weight excluding hydrogens is 270 g/mol. The van der Waals surface area contributed by atoms with E-state index in [9.17, 15) is 9.59 Å². The van der Waals surface area contributed by atoms with E-state index in [0.29, 0.717) is 22.8 Å². The number of hydrogen-bond donors (Lipinski definition) is 1. The Morgan fingerprint density at radius 1 is 1.29 bits per heavy atom. The van der Waals surface area contributed by atoms with E-state index < -0.39 is 0 Å². The summed E-state index contributed by atoms with van der Waals surface area (Å²) in [7, 11) is 1.57. The highest BCUT2D eigenvalue weighted by molar-refractivity contribution is 5.77. The second-order valence-corrected chi connectivity index (χ2v) is 5.03. The van der Waals surface area contributed by atoms with Crippen LogP contribution >= 0.6 is 0 Å². The van der Waals surface area contributed by atoms with Crippen LogP contribution in [0.15, 0.2) is 35.1 Å². The molecule has 0 radical (unpaired) electrons. The SMILES string of the molecule is COc1ccccc1C1CC(=O)Oc2cc(C)[nH]c(=O)c21. The third-order valence-corrected chi connectivity index (χ3v) is 3.63. The number of aromatic amines is 1. The summed E-state index contributed by atoms with van der Waals surface area (Å²) in [5.74, 6) is 0.289. The Labute approximate surface area is 121 Å². The fourth-order valence-electron chi connectivity index (χ4n) is 2.74. The zero-order valence-corrected chi connectivity index (χ0v) is 11.8. The van der Waals surface area contributed by atoms with Gasteiger partial charge in [-0.1, -0.05) is 18.2 Å². The molecule has 5 nitrogen and oxygen atoms in total. The van der Waals surface area contributed by atoms with Gasteiger partial charge in [-0.2, -0.15) is 0 Å². The number of rotatable bonds is 2. The van der Waals surface area contributed by atoms with Crippen molar-refractivity contribution >= 4 is 5.97 Å². The number of nitrogens with one attached hydrogen (secondary N) is 1. The summed E-state index contributed by atoms with van der Waals surface area (Å²) in [5.41, 5.74) is 1.72. The van der Waals surface area contributed by atoms with E-state index in [1.54, 1.807) is 20.1 Å². The van der Waals surface area contributed by atoms with Crippen LogP contribution in [0.3, 0.4) is 0 Å². The van der Waals surface area contributed by atoms with Crippen LogP contribution in [0, 0.1) is 6.92 Å². The molecule has 0 aliphatic carbocycles. The van der Waals surface area contributed by atoms with Crippen molar-refractivity contribution in [3.05, 3.63) is 57.5 Å². The number of hydrogen-bond acceptors (Lipinski definition) is 4. The molecule has 1 aliphatic rings. The number of carbonyl (C=O) groups excluding carboxylic acids is 1. The minimum absolute atomic E-state index is 0.125. The standard InChI is InChI=1S/C16H15NO4/c1-9-7-13-15(16(19)17-9)11(8-14(18)21-13)10-5-3-4-6-12(10)20-2/h3-7,11H,8H2,1-2H3,(H,17,19). The van der Waals surface area contributed by atoms with Gasteiger partial charge in [0.25, 0.3) is 5.56 Å². The highest BCUT2D eigenvalue weighted by Crippen LogP contribution is 2.39. The number of esters is 1. The van der Waals surface area contributed by atoms with Gasteiger partial charge < -0.3 is 14.5 Å². The normalized spacial score (nSPS) is 17.0. The summed E-state index contributed by atoms with van der Waals surface area (Å²) in [4.78, 5) is 26.9. The van der Waals surface area contributed by atoms with Crippen molar-refractivity contribution in [1.82, 2.24) is 4.98 Å². The largest absolute Gasteiger partial charge is 0.496 e. The molecule has 0 amide bonds. The summed E-state index contributed by atoms with van der Waals surface area (Å²) >= 11 is 0. The van der Waals surface area contributed by atoms with Crippen molar-refractivity contribution in [2.24, 2.45) is 0 Å². The van der Waals surface area contributed by atoms with Crippen molar-refractivity contribution in [1.29, 1.82) is 0 Å². The van der Waals surface area contributed by atoms with Gasteiger partial charge in [0, 0.05) is 23.2 Å². The zero-order valence-electron chi connectivity index (χ0n) is 11.8. The third-order valence-electron chi connectivity index (χ3n) is 3.63. The number of aryl methyl sites for hydroxylation is 1. The van der Waals surface area contributed by atoms with Crippen LogP contribution in [-0.2, 0) is 4.79 Å². The van der Waals surface area contributed by atoms with E-state index in [1.807, 2.05) is 24.3 Å². The van der Waals surface area contributed by atoms with Gasteiger partial charge in [-0.15, -0.1) is 0 Å². The van der Waals surface area contributed by atoms with Crippen LogP contribution < -0.4 is 15.0 Å². The molecule has 1 atom stereocenters. The monoisotopic (exact) mass is 285 g/mol. The summed E-state index contributed by atoms with van der Waals surface area (Å²) in [6.07, 6.45) is 0.125. The Hall–Kier alpha value is -2.56. The lowest BCUT2D eigenvalue weighted by molar-refractivity contribution is -0.135. The number of ether oxygens (including phenoxy) is 2. The Kier molecular flexibility index (Phi) is 3.25. The lowest BCUT2D eigenvalue weighted by Gasteiger charge is -2.25. The smallest absolute Gasteiger partial charge is 0.312 e. The second-order valence-electron chi connectivity index (χ2n) is 5.03. The van der Waals surface area contributed by atoms with Crippen molar-refractivity contribution in [3.8, 4) is 11.5 Å². The highest BCUT2D eigenvalue weighted by atomic mass is 16.5. The molecule has 0 bridgehead atoms. The summed E-state index contributed by atoms with van der Waals surface area (Å²) in [6.45, 7) is 1.75. The van der Waals surface area contributed by atoms with Crippen molar-refractivity contribution < 1.29 is 14.3 Å². The molecule has 0 fully saturated rings. The molecule has 1 aromatic heterocycles. The van der Waals surface area contributed by atoms with Gasteiger partial charge in [0.2, 0.25) is 0 Å². The van der Waals surface area contributed by atoms with Gasteiger partial charge in [0.05, 0.1) is 19.1 Å². The van der Waals surface area contributed by atoms with Crippen LogP contribution in [0.1, 0.15) is 29.2 Å². The average molecular weight is 285 g/mol. The van der Waals surface area contributed by atoms with E-state index >= 15 is 0 Å². The number of pyridine rings is 1. The number of carbonyl (C=O) groups is 1. The van der Waals surface area contributed by atoms with Crippen LogP contribution in [0.4, 0.5) is 0 Å². The summed E-state index contributed by atoms with van der Waals surface area (Å²) < 4.78 is 10.6. The molecule has 2 heterocycles. The molecular formula is C16H15NO4. The molecule has 0 saturated carbocycles. The van der Waals surface area contributed by atoms with Crippen LogP contribution in [0.5, 0.6) is 11.5 Å². The molecule has 1 aliphatic heterocycles. The molecule has 0 spiro atoms. The topological polar surface area (TPSA) is 68.4 Å². The van der Waals surface area contributed by atoms with E-state index in [1.165, 1.54) is 0 Å². The summed E-state index contributed by atoms with van der Waals surface area (Å²) in [5, 5.41) is 0. The maximum atomic E-state index is 12.3. The zero-order chi connectivity index (χ0) is 15.0. The minimum Gasteiger partial charge on any atom is -0.496 e. The van der Waals surface area contributed by atoms with Gasteiger partial charge in [0.1, 0.15) is 11.5 Å². The summed E-state index contributed by atoms with van der Waals surface area (Å²) in [6, 6.07) is 9.07. The van der Waals surface area contributed by atoms with Gasteiger partial charge in [-0.25, -0.2) is 0 Å². The predicted octanol–water partition coefficient (Wildman–Crippen LogP) is 2.13. The van der Waals surface area contributed by atoms with E-state index in [0.717, 1.165) is 5.56 Å². The molecule has 5 heteroatoms. The van der Waals surface area contributed by atoms with Crippen LogP contribution in [-0.4, -0.2) is 18.1 Å². The molecule has 2 aromatic rings. The molecule has 1 unspecified atom stereocenters. The molecule has 3 rings (SSSR count). The average Bonchev–Trinajstić information content (AvgIpc) is 2.45. The van der Waals surface area contributed by atoms with E-state index in [4.69, 9.17) is 9.47 Å². The number of benzene rings is 1. The first kappa shape index (κ1) is 13.4. The lowest BCUT2D eigenvalue weighted by Crippen LogP contribution is -2.28. The van der Waals surface area contributed by atoms with Crippen molar-refractivity contribution in [2.75, 3.05) is 7.11 Å². The van der Waals surface area contributed by atoms with E-state index in [2.05, 4.69) is 4.98 Å². The Morgan fingerprint density at radius 2 is 2.05 bits per heavy atom. The Balaban J connectivity index is 2.22. The molecule has 108 valence electrons. The fourth-order valence-corrected chi connectivity index (χ4v) is 2.74. The fraction of sp³-hybridized carbons (Fsp3) is 0.250.